The van der Waals surface area contributed by atoms with Gasteiger partial charge in [0.15, 0.2) is 0 Å². The van der Waals surface area contributed by atoms with E-state index in [1.54, 1.807) is 11.3 Å². The van der Waals surface area contributed by atoms with Crippen molar-refractivity contribution in [2.45, 2.75) is 41.2 Å². The fraction of sp³-hybridized carbons (Fsp3) is 0.636. The van der Waals surface area contributed by atoms with Gasteiger partial charge in [-0.1, -0.05) is 34.6 Å². The number of hydrogen-bond acceptors (Lipinski definition) is 3. The number of nitrogens with zero attached hydrogens (tertiary/aromatic N) is 2. The molecule has 1 aromatic heterocycles. The summed E-state index contributed by atoms with van der Waals surface area (Å²) in [6.45, 7) is 11.3. The molecule has 2 rings (SSSR count). The molecule has 0 aliphatic carbocycles. The minimum Gasteiger partial charge on any atom is -0.285 e. The molecule has 0 radical (unpaired) electrons. The molecular weight excluding hydrogens is 192 g/mol. The molecule has 0 fully saturated rings. The topological polar surface area (TPSA) is 25.2 Å². The van der Waals surface area contributed by atoms with Crippen molar-refractivity contribution in [3.63, 3.8) is 0 Å². The quantitative estimate of drug-likeness (QED) is 0.642. The van der Waals surface area contributed by atoms with E-state index < -0.39 is 0 Å². The van der Waals surface area contributed by atoms with Gasteiger partial charge in [0.25, 0.3) is 0 Å². The first-order chi connectivity index (χ1) is 6.70. The van der Waals surface area contributed by atoms with Gasteiger partial charge in [0.05, 0.1) is 22.6 Å². The van der Waals surface area contributed by atoms with Gasteiger partial charge in [0.1, 0.15) is 0 Å². The minimum atomic E-state index is 0.833. The monoisotopic (exact) mass is 212 g/mol. The van der Waals surface area contributed by atoms with Gasteiger partial charge in [-0.3, -0.25) is 4.99 Å². The van der Waals surface area contributed by atoms with Gasteiger partial charge in [-0.05, 0) is 5.92 Å². The van der Waals surface area contributed by atoms with E-state index in [4.69, 9.17) is 0 Å². The molecule has 0 unspecified atom stereocenters. The van der Waals surface area contributed by atoms with Crippen molar-refractivity contribution < 1.29 is 0 Å². The average Bonchev–Trinajstić information content (AvgIpc) is 2.66. The molecule has 0 spiro atoms. The number of rotatable bonds is 0. The van der Waals surface area contributed by atoms with Crippen molar-refractivity contribution in [2.24, 2.45) is 10.9 Å². The van der Waals surface area contributed by atoms with Crippen LogP contribution in [0.3, 0.4) is 0 Å². The van der Waals surface area contributed by atoms with Crippen molar-refractivity contribution in [1.29, 1.82) is 0 Å². The molecule has 1 aromatic rings. The van der Waals surface area contributed by atoms with Crippen molar-refractivity contribution in [1.82, 2.24) is 4.98 Å². The Morgan fingerprint density at radius 2 is 1.86 bits per heavy atom. The van der Waals surface area contributed by atoms with Gasteiger partial charge in [-0.15, -0.1) is 11.3 Å². The zero-order valence-electron chi connectivity index (χ0n) is 9.74. The number of hydrogen-bond donors (Lipinski definition) is 0. The predicted molar refractivity (Wildman–Crippen MR) is 65.3 cm³/mol. The molecule has 0 saturated heterocycles. The lowest BCUT2D eigenvalue weighted by Crippen LogP contribution is -1.74. The summed E-state index contributed by atoms with van der Waals surface area (Å²) in [5, 5.41) is 0. The molecular formula is C11H20N2S. The maximum Gasteiger partial charge on any atom is 0.0968 e. The summed E-state index contributed by atoms with van der Waals surface area (Å²) in [4.78, 5) is 9.40. The van der Waals surface area contributed by atoms with Gasteiger partial charge in [0, 0.05) is 6.21 Å². The Bertz CT molecular complexity index is 261. The second-order valence-corrected chi connectivity index (χ2v) is 4.30. The summed E-state index contributed by atoms with van der Waals surface area (Å²) < 4.78 is 0. The van der Waals surface area contributed by atoms with Crippen LogP contribution < -0.4 is 0 Å². The minimum absolute atomic E-state index is 0.833. The largest absolute Gasteiger partial charge is 0.285 e. The summed E-state index contributed by atoms with van der Waals surface area (Å²) in [6.07, 6.45) is 1.83. The van der Waals surface area contributed by atoms with E-state index in [9.17, 15) is 0 Å². The highest BCUT2D eigenvalue weighted by Gasteiger charge is 2.06. The number of aromatic nitrogens is 1. The lowest BCUT2D eigenvalue weighted by molar-refractivity contribution is 0.737. The highest BCUT2D eigenvalue weighted by Crippen LogP contribution is 2.16. The molecule has 0 saturated carbocycles. The van der Waals surface area contributed by atoms with E-state index in [-0.39, 0.29) is 0 Å². The maximum absolute atomic E-state index is 4.07. The third-order valence-electron chi connectivity index (χ3n) is 1.12. The van der Waals surface area contributed by atoms with E-state index >= 15 is 0 Å². The molecule has 0 bridgehead atoms. The van der Waals surface area contributed by atoms with Gasteiger partial charge >= 0.3 is 0 Å². The van der Waals surface area contributed by atoms with Crippen LogP contribution in [0.2, 0.25) is 0 Å². The number of thiazole rings is 1. The van der Waals surface area contributed by atoms with Crippen LogP contribution in [0.15, 0.2) is 10.5 Å². The molecule has 2 heterocycles. The Hall–Kier alpha value is -0.700. The third-order valence-corrected chi connectivity index (χ3v) is 1.95. The Kier molecular flexibility index (Phi) is 7.30. The Morgan fingerprint density at radius 3 is 2.36 bits per heavy atom. The molecule has 14 heavy (non-hydrogen) atoms. The van der Waals surface area contributed by atoms with Crippen LogP contribution in [0.5, 0.6) is 0 Å². The van der Waals surface area contributed by atoms with Crippen LogP contribution in [0.1, 0.15) is 45.2 Å². The van der Waals surface area contributed by atoms with Crippen LogP contribution in [0.4, 0.5) is 0 Å². The molecule has 80 valence electrons. The van der Waals surface area contributed by atoms with Crippen LogP contribution in [0.25, 0.3) is 0 Å². The first kappa shape index (κ1) is 13.3. The molecule has 1 aliphatic rings. The standard InChI is InChI=1S/C5H4N2S.C4H10.C2H6/c1-4-5(2-6-1)8-3-7-4;1-4(2)3;1-2/h1,3H,2H2;4H,1-3H3;1-2H3. The number of fused-ring (bicyclic) bond motifs is 1. The Morgan fingerprint density at radius 1 is 1.29 bits per heavy atom. The van der Waals surface area contributed by atoms with Crippen molar-refractivity contribution in [2.75, 3.05) is 0 Å². The van der Waals surface area contributed by atoms with Crippen molar-refractivity contribution in [3.8, 4) is 0 Å². The summed E-state index contributed by atoms with van der Waals surface area (Å²) in [7, 11) is 0. The summed E-state index contributed by atoms with van der Waals surface area (Å²) in [6, 6.07) is 0. The predicted octanol–water partition coefficient (Wildman–Crippen LogP) is 3.76. The van der Waals surface area contributed by atoms with E-state index in [0.29, 0.717) is 0 Å². The SMILES string of the molecule is C1=NCc2scnc21.CC.CC(C)C. The lowest BCUT2D eigenvalue weighted by Gasteiger charge is -1.79. The van der Waals surface area contributed by atoms with Crippen molar-refractivity contribution >= 4 is 17.6 Å². The van der Waals surface area contributed by atoms with E-state index in [0.717, 1.165) is 18.2 Å². The van der Waals surface area contributed by atoms with E-state index in [2.05, 4.69) is 30.7 Å². The van der Waals surface area contributed by atoms with Gasteiger partial charge in [-0.25, -0.2) is 4.98 Å². The first-order valence-corrected chi connectivity index (χ1v) is 6.00. The van der Waals surface area contributed by atoms with Crippen LogP contribution in [-0.2, 0) is 6.54 Å². The Labute approximate surface area is 91.1 Å². The smallest absolute Gasteiger partial charge is 0.0968 e. The van der Waals surface area contributed by atoms with Gasteiger partial charge in [-0.2, -0.15) is 0 Å². The zero-order valence-corrected chi connectivity index (χ0v) is 10.6. The molecule has 0 N–H and O–H groups in total. The van der Waals surface area contributed by atoms with Crippen LogP contribution in [-0.4, -0.2) is 11.2 Å². The first-order valence-electron chi connectivity index (χ1n) is 5.12. The van der Waals surface area contributed by atoms with Crippen molar-refractivity contribution in [3.05, 3.63) is 16.1 Å². The molecule has 0 aromatic carbocycles. The summed E-state index contributed by atoms with van der Waals surface area (Å²) in [5.74, 6) is 0.833. The van der Waals surface area contributed by atoms with E-state index in [1.165, 1.54) is 4.88 Å². The average molecular weight is 212 g/mol. The van der Waals surface area contributed by atoms with Gasteiger partial charge in [0.2, 0.25) is 0 Å². The molecule has 1 aliphatic heterocycles. The van der Waals surface area contributed by atoms with Crippen LogP contribution in [0, 0.1) is 5.92 Å². The number of aliphatic imine (C=N–C) groups is 1. The van der Waals surface area contributed by atoms with Gasteiger partial charge < -0.3 is 0 Å². The third kappa shape index (κ3) is 5.12. The second-order valence-electron chi connectivity index (χ2n) is 3.36. The molecule has 3 heteroatoms. The fourth-order valence-corrected chi connectivity index (χ4v) is 1.39. The maximum atomic E-state index is 4.07. The summed E-state index contributed by atoms with van der Waals surface area (Å²) >= 11 is 1.68. The fourth-order valence-electron chi connectivity index (χ4n) is 0.718. The zero-order chi connectivity index (χ0) is 11.0. The molecule has 2 nitrogen and oxygen atoms in total. The molecule has 0 atom stereocenters. The Balaban J connectivity index is 0.000000245. The lowest BCUT2D eigenvalue weighted by atomic mass is 10.3. The second kappa shape index (κ2) is 7.68. The molecule has 0 amide bonds. The highest BCUT2D eigenvalue weighted by atomic mass is 32.1. The van der Waals surface area contributed by atoms with E-state index in [1.807, 2.05) is 25.6 Å². The van der Waals surface area contributed by atoms with Crippen LogP contribution >= 0.6 is 11.3 Å². The summed E-state index contributed by atoms with van der Waals surface area (Å²) in [5.41, 5.74) is 2.92. The normalized spacial score (nSPS) is 11.3. The highest BCUT2D eigenvalue weighted by molar-refractivity contribution is 7.10.